The summed E-state index contributed by atoms with van der Waals surface area (Å²) in [5.74, 6) is 0.914. The van der Waals surface area contributed by atoms with Crippen LogP contribution >= 0.6 is 34.9 Å². The van der Waals surface area contributed by atoms with Crippen molar-refractivity contribution in [1.82, 2.24) is 15.6 Å². The van der Waals surface area contributed by atoms with Crippen LogP contribution < -0.4 is 5.43 Å². The lowest BCUT2D eigenvalue weighted by Crippen LogP contribution is -2.21. The van der Waals surface area contributed by atoms with E-state index in [1.165, 1.54) is 34.2 Å². The molecule has 0 aliphatic carbocycles. The molecule has 0 bridgehead atoms. The van der Waals surface area contributed by atoms with E-state index in [4.69, 9.17) is 0 Å². The number of aromatic nitrogens is 2. The molecule has 0 spiro atoms. The zero-order valence-electron chi connectivity index (χ0n) is 18.0. The quantitative estimate of drug-likeness (QED) is 0.174. The zero-order valence-corrected chi connectivity index (χ0v) is 20.4. The molecule has 4 rings (SSSR count). The van der Waals surface area contributed by atoms with Gasteiger partial charge in [0.05, 0.1) is 11.5 Å². The van der Waals surface area contributed by atoms with Crippen LogP contribution in [0.5, 0.6) is 0 Å². The van der Waals surface area contributed by atoms with Crippen molar-refractivity contribution in [3.63, 3.8) is 0 Å². The van der Waals surface area contributed by atoms with E-state index >= 15 is 0 Å². The third kappa shape index (κ3) is 7.02. The topological polar surface area (TPSA) is 67.2 Å². The molecule has 0 unspecified atom stereocenters. The lowest BCUT2D eigenvalue weighted by atomic mass is 10.0. The largest absolute Gasteiger partial charge is 0.272 e. The van der Waals surface area contributed by atoms with Crippen LogP contribution in [0.4, 0.5) is 0 Å². The van der Waals surface area contributed by atoms with Gasteiger partial charge in [0.15, 0.2) is 8.68 Å². The molecule has 1 aromatic heterocycles. The van der Waals surface area contributed by atoms with Gasteiger partial charge in [0.2, 0.25) is 0 Å². The maximum atomic E-state index is 12.2. The van der Waals surface area contributed by atoms with Crippen LogP contribution in [0.25, 0.3) is 11.1 Å². The first kappa shape index (κ1) is 23.2. The van der Waals surface area contributed by atoms with E-state index in [9.17, 15) is 4.79 Å². The van der Waals surface area contributed by atoms with Gasteiger partial charge in [0.25, 0.3) is 5.91 Å². The SMILES string of the molecule is CC(=NNC(=O)CSc1nnc(SCc2ccccc2)s1)c1ccc(-c2ccccc2)cc1. The predicted octanol–water partition coefficient (Wildman–Crippen LogP) is 6.13. The third-order valence-electron chi connectivity index (χ3n) is 4.68. The Morgan fingerprint density at radius 3 is 2.15 bits per heavy atom. The number of carbonyl (C=O) groups excluding carboxylic acids is 1. The molecule has 0 aliphatic heterocycles. The number of hydrogen-bond acceptors (Lipinski definition) is 7. The van der Waals surface area contributed by atoms with Crippen LogP contribution in [-0.4, -0.2) is 27.6 Å². The molecule has 166 valence electrons. The lowest BCUT2D eigenvalue weighted by molar-refractivity contribution is -0.118. The summed E-state index contributed by atoms with van der Waals surface area (Å²) in [5.41, 5.74) is 7.91. The molecule has 0 saturated heterocycles. The van der Waals surface area contributed by atoms with Crippen LogP contribution in [0.2, 0.25) is 0 Å². The van der Waals surface area contributed by atoms with Gasteiger partial charge in [-0.25, -0.2) is 5.43 Å². The van der Waals surface area contributed by atoms with E-state index in [0.717, 1.165) is 31.3 Å². The molecule has 1 N–H and O–H groups in total. The monoisotopic (exact) mass is 490 g/mol. The summed E-state index contributed by atoms with van der Waals surface area (Å²) < 4.78 is 1.67. The second kappa shape index (κ2) is 11.8. The van der Waals surface area contributed by atoms with Gasteiger partial charge in [0, 0.05) is 5.75 Å². The van der Waals surface area contributed by atoms with Crippen molar-refractivity contribution >= 4 is 46.5 Å². The number of hydrogen-bond donors (Lipinski definition) is 1. The van der Waals surface area contributed by atoms with Gasteiger partial charge in [-0.2, -0.15) is 5.10 Å². The molecule has 5 nitrogen and oxygen atoms in total. The maximum Gasteiger partial charge on any atom is 0.250 e. The van der Waals surface area contributed by atoms with Gasteiger partial charge in [-0.3, -0.25) is 4.79 Å². The standard InChI is InChI=1S/C25H22N4OS3/c1-18(20-12-14-22(15-13-20)21-10-6-3-7-11-21)26-27-23(30)17-32-25-29-28-24(33-25)31-16-19-8-4-2-5-9-19/h2-15H,16-17H2,1H3,(H,27,30). The summed E-state index contributed by atoms with van der Waals surface area (Å²) in [6.07, 6.45) is 0. The Bertz CT molecular complexity index is 1210. The van der Waals surface area contributed by atoms with Crippen molar-refractivity contribution < 1.29 is 4.79 Å². The fourth-order valence-electron chi connectivity index (χ4n) is 2.94. The Balaban J connectivity index is 1.24. The highest BCUT2D eigenvalue weighted by molar-refractivity contribution is 8.03. The van der Waals surface area contributed by atoms with Crippen molar-refractivity contribution in [3.8, 4) is 11.1 Å². The van der Waals surface area contributed by atoms with E-state index in [-0.39, 0.29) is 11.7 Å². The molecule has 0 saturated carbocycles. The molecule has 1 heterocycles. The van der Waals surface area contributed by atoms with Crippen molar-refractivity contribution in [2.75, 3.05) is 5.75 Å². The highest BCUT2D eigenvalue weighted by Gasteiger charge is 2.09. The molecule has 4 aromatic rings. The van der Waals surface area contributed by atoms with Gasteiger partial charge >= 0.3 is 0 Å². The van der Waals surface area contributed by atoms with Crippen molar-refractivity contribution in [2.24, 2.45) is 5.10 Å². The molecule has 8 heteroatoms. The molecular weight excluding hydrogens is 469 g/mol. The van der Waals surface area contributed by atoms with Crippen molar-refractivity contribution in [2.45, 2.75) is 21.4 Å². The summed E-state index contributed by atoms with van der Waals surface area (Å²) in [4.78, 5) is 12.2. The molecular formula is C25H22N4OS3. The van der Waals surface area contributed by atoms with Gasteiger partial charge in [-0.15, -0.1) is 10.2 Å². The van der Waals surface area contributed by atoms with E-state index in [0.29, 0.717) is 0 Å². The Morgan fingerprint density at radius 2 is 1.45 bits per heavy atom. The summed E-state index contributed by atoms with van der Waals surface area (Å²) in [7, 11) is 0. The Labute approximate surface area is 205 Å². The molecule has 3 aromatic carbocycles. The molecule has 33 heavy (non-hydrogen) atoms. The average molecular weight is 491 g/mol. The van der Waals surface area contributed by atoms with Gasteiger partial charge in [-0.1, -0.05) is 120 Å². The van der Waals surface area contributed by atoms with Crippen LogP contribution in [0.15, 0.2) is 98.7 Å². The minimum absolute atomic E-state index is 0.172. The molecule has 0 atom stereocenters. The van der Waals surface area contributed by atoms with Gasteiger partial charge in [0.1, 0.15) is 0 Å². The van der Waals surface area contributed by atoms with E-state index in [1.807, 2.05) is 55.5 Å². The van der Waals surface area contributed by atoms with Gasteiger partial charge < -0.3 is 0 Å². The van der Waals surface area contributed by atoms with Crippen LogP contribution in [0.3, 0.4) is 0 Å². The highest BCUT2D eigenvalue weighted by atomic mass is 32.2. The van der Waals surface area contributed by atoms with E-state index in [2.05, 4.69) is 57.1 Å². The minimum Gasteiger partial charge on any atom is -0.272 e. The number of nitrogens with one attached hydrogen (secondary N) is 1. The Morgan fingerprint density at radius 1 is 0.848 bits per heavy atom. The second-order valence-electron chi connectivity index (χ2n) is 7.07. The van der Waals surface area contributed by atoms with Gasteiger partial charge in [-0.05, 0) is 29.2 Å². The number of thioether (sulfide) groups is 2. The number of benzene rings is 3. The van der Waals surface area contributed by atoms with Crippen LogP contribution in [0, 0.1) is 0 Å². The van der Waals surface area contributed by atoms with E-state index < -0.39 is 0 Å². The number of hydrazone groups is 1. The van der Waals surface area contributed by atoms with Crippen molar-refractivity contribution in [3.05, 3.63) is 96.1 Å². The normalized spacial score (nSPS) is 11.4. The molecule has 0 aliphatic rings. The lowest BCUT2D eigenvalue weighted by Gasteiger charge is -2.05. The minimum atomic E-state index is -0.172. The first-order valence-electron chi connectivity index (χ1n) is 10.3. The smallest absolute Gasteiger partial charge is 0.250 e. The Hall–Kier alpha value is -2.94. The molecule has 0 fully saturated rings. The summed E-state index contributed by atoms with van der Waals surface area (Å²) in [6.45, 7) is 1.88. The Kier molecular flexibility index (Phi) is 8.30. The van der Waals surface area contributed by atoms with Crippen LogP contribution in [-0.2, 0) is 10.5 Å². The predicted molar refractivity (Wildman–Crippen MR) is 139 cm³/mol. The number of amides is 1. The summed E-state index contributed by atoms with van der Waals surface area (Å²) >= 11 is 4.52. The average Bonchev–Trinajstić information content (AvgIpc) is 3.34. The fourth-order valence-corrected chi connectivity index (χ4v) is 5.71. The van der Waals surface area contributed by atoms with E-state index in [1.54, 1.807) is 11.8 Å². The number of rotatable bonds is 9. The molecule has 1 amide bonds. The summed E-state index contributed by atoms with van der Waals surface area (Å²) in [5, 5.41) is 12.6. The first-order chi connectivity index (χ1) is 16.2. The fraction of sp³-hybridized carbons (Fsp3) is 0.120. The summed E-state index contributed by atoms with van der Waals surface area (Å²) in [6, 6.07) is 28.6. The van der Waals surface area contributed by atoms with Crippen molar-refractivity contribution in [1.29, 1.82) is 0 Å². The molecule has 0 radical (unpaired) electrons. The number of carbonyl (C=O) groups is 1. The second-order valence-corrected chi connectivity index (χ2v) is 10.5. The zero-order chi connectivity index (χ0) is 22.9. The third-order valence-corrected chi connectivity index (χ3v) is 7.94. The van der Waals surface area contributed by atoms with Crippen LogP contribution in [0.1, 0.15) is 18.1 Å². The highest BCUT2D eigenvalue weighted by Crippen LogP contribution is 2.30. The number of nitrogens with zero attached hydrogens (tertiary/aromatic N) is 3. The first-order valence-corrected chi connectivity index (χ1v) is 13.1. The maximum absolute atomic E-state index is 12.2.